The second-order valence-electron chi connectivity index (χ2n) is 7.88. The summed E-state index contributed by atoms with van der Waals surface area (Å²) < 4.78 is 10.4. The number of nitrogens with one attached hydrogen (secondary N) is 1. The SMILES string of the molecule is CCc1nc2ccccc2c(C)c1C(=O)OCC(=O)Nc1cc(C(C)(C)C)no1. The van der Waals surface area contributed by atoms with Crippen LogP contribution in [0.3, 0.4) is 0 Å². The lowest BCUT2D eigenvalue weighted by atomic mass is 9.92. The van der Waals surface area contributed by atoms with Crippen molar-refractivity contribution in [2.75, 3.05) is 11.9 Å². The van der Waals surface area contributed by atoms with Crippen LogP contribution in [0.25, 0.3) is 10.9 Å². The zero-order valence-corrected chi connectivity index (χ0v) is 17.3. The third kappa shape index (κ3) is 4.45. The summed E-state index contributed by atoms with van der Waals surface area (Å²) in [4.78, 5) is 29.4. The van der Waals surface area contributed by atoms with Gasteiger partial charge in [0.15, 0.2) is 6.61 Å². The Hall–Kier alpha value is -3.22. The molecule has 2 aromatic heterocycles. The molecule has 0 saturated heterocycles. The van der Waals surface area contributed by atoms with Crippen LogP contribution in [0.5, 0.6) is 0 Å². The average molecular weight is 395 g/mol. The van der Waals surface area contributed by atoms with E-state index in [0.717, 1.165) is 22.2 Å². The number of hydrogen-bond acceptors (Lipinski definition) is 6. The van der Waals surface area contributed by atoms with Crippen molar-refractivity contribution in [2.24, 2.45) is 0 Å². The van der Waals surface area contributed by atoms with Gasteiger partial charge in [-0.1, -0.05) is 51.1 Å². The van der Waals surface area contributed by atoms with E-state index >= 15 is 0 Å². The van der Waals surface area contributed by atoms with Crippen LogP contribution in [0.2, 0.25) is 0 Å². The van der Waals surface area contributed by atoms with E-state index in [2.05, 4.69) is 15.5 Å². The number of ether oxygens (including phenoxy) is 1. The highest BCUT2D eigenvalue weighted by Crippen LogP contribution is 2.25. The number of carbonyl (C=O) groups excluding carboxylic acids is 2. The number of pyridine rings is 1. The number of anilines is 1. The Morgan fingerprint density at radius 3 is 2.59 bits per heavy atom. The summed E-state index contributed by atoms with van der Waals surface area (Å²) in [5, 5.41) is 7.38. The van der Waals surface area contributed by atoms with Crippen LogP contribution in [0, 0.1) is 6.92 Å². The molecule has 0 bridgehead atoms. The van der Waals surface area contributed by atoms with E-state index in [1.54, 1.807) is 6.07 Å². The second kappa shape index (κ2) is 8.03. The summed E-state index contributed by atoms with van der Waals surface area (Å²) in [6.45, 7) is 9.33. The number of hydrogen-bond donors (Lipinski definition) is 1. The van der Waals surface area contributed by atoms with Gasteiger partial charge in [0, 0.05) is 16.9 Å². The third-order valence-electron chi connectivity index (χ3n) is 4.64. The molecule has 0 saturated carbocycles. The summed E-state index contributed by atoms with van der Waals surface area (Å²) in [5.41, 5.74) is 3.20. The van der Waals surface area contributed by atoms with Crippen LogP contribution in [0.15, 0.2) is 34.9 Å². The van der Waals surface area contributed by atoms with E-state index in [0.29, 0.717) is 17.7 Å². The van der Waals surface area contributed by atoms with Gasteiger partial charge in [0.1, 0.15) is 0 Å². The highest BCUT2D eigenvalue weighted by Gasteiger charge is 2.22. The normalized spacial score (nSPS) is 11.5. The first kappa shape index (κ1) is 20.5. The number of carbonyl (C=O) groups is 2. The fourth-order valence-electron chi connectivity index (χ4n) is 3.03. The molecular formula is C22H25N3O4. The van der Waals surface area contributed by atoms with Crippen molar-refractivity contribution in [2.45, 2.75) is 46.5 Å². The van der Waals surface area contributed by atoms with E-state index in [-0.39, 0.29) is 11.3 Å². The topological polar surface area (TPSA) is 94.3 Å². The lowest BCUT2D eigenvalue weighted by Crippen LogP contribution is -2.22. The molecule has 0 spiro atoms. The fourth-order valence-corrected chi connectivity index (χ4v) is 3.03. The molecule has 3 rings (SSSR count). The summed E-state index contributed by atoms with van der Waals surface area (Å²) in [6.07, 6.45) is 0.579. The molecule has 0 aliphatic carbocycles. The molecule has 29 heavy (non-hydrogen) atoms. The third-order valence-corrected chi connectivity index (χ3v) is 4.64. The minimum atomic E-state index is -0.569. The number of aromatic nitrogens is 2. The Balaban J connectivity index is 1.71. The van der Waals surface area contributed by atoms with Crippen molar-refractivity contribution in [3.05, 3.63) is 52.8 Å². The van der Waals surface area contributed by atoms with Gasteiger partial charge in [0.2, 0.25) is 5.88 Å². The first-order valence-electron chi connectivity index (χ1n) is 9.53. The first-order chi connectivity index (χ1) is 13.7. The highest BCUT2D eigenvalue weighted by atomic mass is 16.5. The largest absolute Gasteiger partial charge is 0.452 e. The van der Waals surface area contributed by atoms with Gasteiger partial charge in [-0.3, -0.25) is 15.1 Å². The number of fused-ring (bicyclic) bond motifs is 1. The van der Waals surface area contributed by atoms with E-state index in [4.69, 9.17) is 9.26 Å². The predicted octanol–water partition coefficient (Wildman–Crippen LogP) is 4.19. The molecule has 1 N–H and O–H groups in total. The summed E-state index contributed by atoms with van der Waals surface area (Å²) in [5.74, 6) is -0.853. The predicted molar refractivity (Wildman–Crippen MR) is 110 cm³/mol. The molecule has 0 unspecified atom stereocenters. The van der Waals surface area contributed by atoms with Crippen molar-refractivity contribution in [1.82, 2.24) is 10.1 Å². The molecule has 0 fully saturated rings. The first-order valence-corrected chi connectivity index (χ1v) is 9.53. The van der Waals surface area contributed by atoms with Gasteiger partial charge >= 0.3 is 5.97 Å². The van der Waals surface area contributed by atoms with E-state index < -0.39 is 18.5 Å². The lowest BCUT2D eigenvalue weighted by molar-refractivity contribution is -0.119. The maximum atomic E-state index is 12.7. The zero-order valence-electron chi connectivity index (χ0n) is 17.3. The van der Waals surface area contributed by atoms with Crippen molar-refractivity contribution in [3.8, 4) is 0 Å². The van der Waals surface area contributed by atoms with Crippen molar-refractivity contribution in [1.29, 1.82) is 0 Å². The molecule has 1 aromatic carbocycles. The summed E-state index contributed by atoms with van der Waals surface area (Å²) in [6, 6.07) is 9.29. The Labute approximate surface area is 169 Å². The van der Waals surface area contributed by atoms with Gasteiger partial charge in [-0.2, -0.15) is 0 Å². The summed E-state index contributed by atoms with van der Waals surface area (Å²) >= 11 is 0. The number of esters is 1. The van der Waals surface area contributed by atoms with E-state index in [1.165, 1.54) is 0 Å². The quantitative estimate of drug-likeness (QED) is 0.651. The molecule has 0 radical (unpaired) electrons. The van der Waals surface area contributed by atoms with Crippen LogP contribution in [-0.2, 0) is 21.4 Å². The minimum absolute atomic E-state index is 0.198. The lowest BCUT2D eigenvalue weighted by Gasteiger charge is -2.13. The number of nitrogens with zero attached hydrogens (tertiary/aromatic N) is 2. The average Bonchev–Trinajstić information content (AvgIpc) is 3.15. The molecule has 7 nitrogen and oxygen atoms in total. The van der Waals surface area contributed by atoms with Crippen LogP contribution in [-0.4, -0.2) is 28.6 Å². The van der Waals surface area contributed by atoms with Gasteiger partial charge in [0.25, 0.3) is 5.91 Å². The van der Waals surface area contributed by atoms with Gasteiger partial charge in [-0.15, -0.1) is 0 Å². The molecule has 0 aliphatic rings. The van der Waals surface area contributed by atoms with Crippen molar-refractivity contribution < 1.29 is 18.8 Å². The number of amides is 1. The van der Waals surface area contributed by atoms with Crippen LogP contribution < -0.4 is 5.32 Å². The maximum Gasteiger partial charge on any atom is 0.340 e. The van der Waals surface area contributed by atoms with Gasteiger partial charge < -0.3 is 9.26 Å². The van der Waals surface area contributed by atoms with Crippen LogP contribution in [0.4, 0.5) is 5.88 Å². The van der Waals surface area contributed by atoms with Crippen LogP contribution in [0.1, 0.15) is 55.0 Å². The molecule has 1 amide bonds. The van der Waals surface area contributed by atoms with Gasteiger partial charge in [0.05, 0.1) is 22.5 Å². The Morgan fingerprint density at radius 2 is 1.93 bits per heavy atom. The fraction of sp³-hybridized carbons (Fsp3) is 0.364. The van der Waals surface area contributed by atoms with Gasteiger partial charge in [-0.05, 0) is 25.0 Å². The Bertz CT molecular complexity index is 1060. The molecule has 152 valence electrons. The van der Waals surface area contributed by atoms with Crippen molar-refractivity contribution in [3.63, 3.8) is 0 Å². The Morgan fingerprint density at radius 1 is 1.21 bits per heavy atom. The van der Waals surface area contributed by atoms with Crippen molar-refractivity contribution >= 4 is 28.7 Å². The number of para-hydroxylation sites is 1. The number of rotatable bonds is 5. The Kier molecular flexibility index (Phi) is 5.68. The maximum absolute atomic E-state index is 12.7. The standard InChI is InChI=1S/C22H25N3O4/c1-6-15-20(13(2)14-9-7-8-10-16(14)23-15)21(27)28-12-18(26)24-19-11-17(25-29-19)22(3,4)5/h7-11H,6,12H2,1-5H3,(H,24,26). The van der Waals surface area contributed by atoms with Crippen LogP contribution >= 0.6 is 0 Å². The number of benzene rings is 1. The molecule has 3 aromatic rings. The molecule has 2 heterocycles. The zero-order chi connectivity index (χ0) is 21.2. The number of aryl methyl sites for hydroxylation is 2. The minimum Gasteiger partial charge on any atom is -0.452 e. The van der Waals surface area contributed by atoms with E-state index in [9.17, 15) is 9.59 Å². The summed E-state index contributed by atoms with van der Waals surface area (Å²) in [7, 11) is 0. The van der Waals surface area contributed by atoms with Gasteiger partial charge in [-0.25, -0.2) is 4.79 Å². The monoisotopic (exact) mass is 395 g/mol. The second-order valence-corrected chi connectivity index (χ2v) is 7.88. The highest BCUT2D eigenvalue weighted by molar-refractivity contribution is 6.00. The molecule has 0 aliphatic heterocycles. The molecule has 0 atom stereocenters. The van der Waals surface area contributed by atoms with E-state index in [1.807, 2.05) is 58.9 Å². The molecule has 7 heteroatoms. The smallest absolute Gasteiger partial charge is 0.340 e. The molecular weight excluding hydrogens is 370 g/mol.